The van der Waals surface area contributed by atoms with Gasteiger partial charge >= 0.3 is 0 Å². The second-order valence-corrected chi connectivity index (χ2v) is 7.74. The van der Waals surface area contributed by atoms with Crippen molar-refractivity contribution in [2.24, 2.45) is 0 Å². The zero-order chi connectivity index (χ0) is 18.5. The van der Waals surface area contributed by atoms with Crippen molar-refractivity contribution in [1.82, 2.24) is 9.80 Å². The molecule has 3 rings (SSSR count). The SMILES string of the molecule is O=C(c1ccc(NS(=O)O)cc1Cl)N1CCN(CC2CCCCO2)CC1. The van der Waals surface area contributed by atoms with E-state index in [4.69, 9.17) is 20.9 Å². The number of amides is 1. The molecule has 2 aliphatic rings. The predicted molar refractivity (Wildman–Crippen MR) is 102 cm³/mol. The van der Waals surface area contributed by atoms with E-state index < -0.39 is 11.3 Å². The molecule has 2 atom stereocenters. The fourth-order valence-corrected chi connectivity index (χ4v) is 3.99. The Morgan fingerprint density at radius 2 is 2.08 bits per heavy atom. The molecule has 2 unspecified atom stereocenters. The van der Waals surface area contributed by atoms with Gasteiger partial charge in [-0.15, -0.1) is 0 Å². The van der Waals surface area contributed by atoms with E-state index in [1.807, 2.05) is 0 Å². The molecule has 2 fully saturated rings. The molecule has 1 amide bonds. The van der Waals surface area contributed by atoms with Gasteiger partial charge in [-0.3, -0.25) is 19.0 Å². The highest BCUT2D eigenvalue weighted by atomic mass is 35.5. The van der Waals surface area contributed by atoms with Crippen molar-refractivity contribution in [3.8, 4) is 0 Å². The summed E-state index contributed by atoms with van der Waals surface area (Å²) in [5.41, 5.74) is 0.801. The third-order valence-electron chi connectivity index (χ3n) is 4.80. The van der Waals surface area contributed by atoms with E-state index in [9.17, 15) is 9.00 Å². The normalized spacial score (nSPS) is 22.8. The molecule has 1 aromatic carbocycles. The third kappa shape index (κ3) is 5.17. The van der Waals surface area contributed by atoms with Crippen molar-refractivity contribution < 1.29 is 18.3 Å². The summed E-state index contributed by atoms with van der Waals surface area (Å²) < 4.78 is 27.8. The lowest BCUT2D eigenvalue weighted by Crippen LogP contribution is -2.50. The van der Waals surface area contributed by atoms with Crippen molar-refractivity contribution in [3.63, 3.8) is 0 Å². The van der Waals surface area contributed by atoms with Gasteiger partial charge in [0.25, 0.3) is 17.2 Å². The largest absolute Gasteiger partial charge is 0.377 e. The second-order valence-electron chi connectivity index (χ2n) is 6.63. The number of benzene rings is 1. The predicted octanol–water partition coefficient (Wildman–Crippen LogP) is 2.22. The maximum atomic E-state index is 12.7. The Bertz CT molecular complexity index is 661. The van der Waals surface area contributed by atoms with Gasteiger partial charge in [-0.25, -0.2) is 4.21 Å². The smallest absolute Gasteiger partial charge is 0.259 e. The summed E-state index contributed by atoms with van der Waals surface area (Å²) in [7, 11) is 0. The number of hydrogen-bond donors (Lipinski definition) is 2. The van der Waals surface area contributed by atoms with Crippen LogP contribution in [-0.2, 0) is 16.0 Å². The highest BCUT2D eigenvalue weighted by molar-refractivity contribution is 7.80. The highest BCUT2D eigenvalue weighted by Gasteiger charge is 2.26. The molecular formula is C17H24ClN3O4S. The summed E-state index contributed by atoms with van der Waals surface area (Å²) in [6.45, 7) is 4.75. The van der Waals surface area contributed by atoms with Gasteiger partial charge in [-0.1, -0.05) is 11.6 Å². The molecule has 0 radical (unpaired) electrons. The number of anilines is 1. The summed E-state index contributed by atoms with van der Waals surface area (Å²) in [5, 5.41) is 0.267. The van der Waals surface area contributed by atoms with Crippen LogP contribution in [0.5, 0.6) is 0 Å². The van der Waals surface area contributed by atoms with Crippen LogP contribution in [0.4, 0.5) is 5.69 Å². The first kappa shape index (κ1) is 19.6. The molecule has 0 spiro atoms. The van der Waals surface area contributed by atoms with Gasteiger partial charge in [0.1, 0.15) is 0 Å². The van der Waals surface area contributed by atoms with Crippen LogP contribution in [0.1, 0.15) is 29.6 Å². The molecule has 9 heteroatoms. The van der Waals surface area contributed by atoms with Crippen molar-refractivity contribution in [2.45, 2.75) is 25.4 Å². The molecule has 0 saturated carbocycles. The third-order valence-corrected chi connectivity index (χ3v) is 5.52. The number of halogens is 1. The van der Waals surface area contributed by atoms with E-state index in [1.165, 1.54) is 12.5 Å². The maximum Gasteiger partial charge on any atom is 0.259 e. The van der Waals surface area contributed by atoms with Crippen molar-refractivity contribution in [1.29, 1.82) is 0 Å². The lowest BCUT2D eigenvalue weighted by Gasteiger charge is -2.37. The Morgan fingerprint density at radius 1 is 1.31 bits per heavy atom. The van der Waals surface area contributed by atoms with Crippen LogP contribution in [0, 0.1) is 0 Å². The summed E-state index contributed by atoms with van der Waals surface area (Å²) in [6.07, 6.45) is 3.82. The van der Waals surface area contributed by atoms with Crippen molar-refractivity contribution >= 4 is 34.5 Å². The Labute approximate surface area is 161 Å². The van der Waals surface area contributed by atoms with Crippen LogP contribution in [-0.4, -0.2) is 69.9 Å². The summed E-state index contributed by atoms with van der Waals surface area (Å²) in [4.78, 5) is 16.9. The standard InChI is InChI=1S/C17H24ClN3O4S/c18-16-11-13(19-26(23)24)4-5-15(16)17(22)21-8-6-20(7-9-21)12-14-3-1-2-10-25-14/h4-5,11,14,19H,1-3,6-10,12H2,(H,23,24). The molecular weight excluding hydrogens is 378 g/mol. The zero-order valence-electron chi connectivity index (χ0n) is 14.5. The quantitative estimate of drug-likeness (QED) is 0.739. The van der Waals surface area contributed by atoms with Gasteiger partial charge in [0, 0.05) is 45.0 Å². The fraction of sp³-hybridized carbons (Fsp3) is 0.588. The Morgan fingerprint density at radius 3 is 2.69 bits per heavy atom. The lowest BCUT2D eigenvalue weighted by molar-refractivity contribution is -0.0130. The minimum absolute atomic E-state index is 0.111. The van der Waals surface area contributed by atoms with Gasteiger partial charge in [-0.2, -0.15) is 0 Å². The van der Waals surface area contributed by atoms with E-state index in [1.54, 1.807) is 17.0 Å². The van der Waals surface area contributed by atoms with Crippen LogP contribution in [0.3, 0.4) is 0 Å². The number of rotatable bonds is 5. The van der Waals surface area contributed by atoms with Crippen LogP contribution in [0.15, 0.2) is 18.2 Å². The van der Waals surface area contributed by atoms with Crippen LogP contribution < -0.4 is 4.72 Å². The van der Waals surface area contributed by atoms with Gasteiger partial charge in [0.2, 0.25) is 0 Å². The summed E-state index contributed by atoms with van der Waals surface area (Å²) >= 11 is 4.02. The first-order chi connectivity index (χ1) is 12.5. The maximum absolute atomic E-state index is 12.7. The minimum Gasteiger partial charge on any atom is -0.377 e. The topological polar surface area (TPSA) is 82.1 Å². The molecule has 7 nitrogen and oxygen atoms in total. The summed E-state index contributed by atoms with van der Waals surface area (Å²) in [5.74, 6) is -0.111. The zero-order valence-corrected chi connectivity index (χ0v) is 16.1. The summed E-state index contributed by atoms with van der Waals surface area (Å²) in [6, 6.07) is 4.64. The minimum atomic E-state index is -2.17. The molecule has 2 N–H and O–H groups in total. The van der Waals surface area contributed by atoms with Gasteiger partial charge in [0.15, 0.2) is 0 Å². The molecule has 2 saturated heterocycles. The van der Waals surface area contributed by atoms with Gasteiger partial charge in [-0.05, 0) is 37.5 Å². The Balaban J connectivity index is 1.53. The fourth-order valence-electron chi connectivity index (χ4n) is 3.40. The number of nitrogens with one attached hydrogen (secondary N) is 1. The number of hydrogen-bond acceptors (Lipinski definition) is 4. The van der Waals surface area contributed by atoms with E-state index in [0.29, 0.717) is 30.4 Å². The molecule has 2 heterocycles. The van der Waals surface area contributed by atoms with Crippen LogP contribution in [0.2, 0.25) is 5.02 Å². The number of nitrogens with zero attached hydrogens (tertiary/aromatic N) is 2. The molecule has 144 valence electrons. The number of piperazine rings is 1. The van der Waals surface area contributed by atoms with Crippen molar-refractivity contribution in [3.05, 3.63) is 28.8 Å². The molecule has 0 bridgehead atoms. The Hall–Kier alpha value is -1.19. The molecule has 1 aromatic rings. The van der Waals surface area contributed by atoms with Crippen LogP contribution in [0.25, 0.3) is 0 Å². The van der Waals surface area contributed by atoms with Crippen LogP contribution >= 0.6 is 11.6 Å². The van der Waals surface area contributed by atoms with Gasteiger partial charge in [0.05, 0.1) is 16.7 Å². The second kappa shape index (κ2) is 9.14. The van der Waals surface area contributed by atoms with E-state index in [-0.39, 0.29) is 10.9 Å². The number of carbonyl (C=O) groups is 1. The Kier molecular flexibility index (Phi) is 6.88. The average Bonchev–Trinajstić information content (AvgIpc) is 2.62. The number of ether oxygens (including phenoxy) is 1. The van der Waals surface area contributed by atoms with E-state index >= 15 is 0 Å². The first-order valence-corrected chi connectivity index (χ1v) is 10.3. The molecule has 2 aliphatic heterocycles. The monoisotopic (exact) mass is 401 g/mol. The first-order valence-electron chi connectivity index (χ1n) is 8.83. The van der Waals surface area contributed by atoms with Gasteiger partial charge < -0.3 is 9.64 Å². The van der Waals surface area contributed by atoms with Crippen molar-refractivity contribution in [2.75, 3.05) is 44.1 Å². The highest BCUT2D eigenvalue weighted by Crippen LogP contribution is 2.23. The van der Waals surface area contributed by atoms with E-state index in [2.05, 4.69) is 9.62 Å². The molecule has 0 aliphatic carbocycles. The lowest BCUT2D eigenvalue weighted by atomic mass is 10.1. The molecule has 0 aromatic heterocycles. The number of carbonyl (C=O) groups excluding carboxylic acids is 1. The molecule has 26 heavy (non-hydrogen) atoms. The average molecular weight is 402 g/mol. The van der Waals surface area contributed by atoms with E-state index in [0.717, 1.165) is 39.1 Å².